The number of thioether (sulfide) groups is 1. The summed E-state index contributed by atoms with van der Waals surface area (Å²) in [4.78, 5) is 12.6. The summed E-state index contributed by atoms with van der Waals surface area (Å²) in [6.07, 6.45) is 0.718. The van der Waals surface area contributed by atoms with E-state index in [1.165, 1.54) is 11.3 Å². The molecule has 6 nitrogen and oxygen atoms in total. The molecule has 3 aromatic rings. The van der Waals surface area contributed by atoms with Gasteiger partial charge < -0.3 is 9.47 Å². The first-order chi connectivity index (χ1) is 17.1. The molecule has 0 aliphatic carbocycles. The minimum atomic E-state index is -3.68. The molecule has 10 heteroatoms. The van der Waals surface area contributed by atoms with E-state index >= 15 is 0 Å². The van der Waals surface area contributed by atoms with Crippen LogP contribution in [-0.2, 0) is 19.6 Å². The van der Waals surface area contributed by atoms with E-state index in [4.69, 9.17) is 21.1 Å². The predicted octanol–water partition coefficient (Wildman–Crippen LogP) is 6.69. The van der Waals surface area contributed by atoms with Crippen LogP contribution in [0.1, 0.15) is 38.3 Å². The summed E-state index contributed by atoms with van der Waals surface area (Å²) in [7, 11) is -3.68. The third kappa shape index (κ3) is 6.75. The molecule has 1 atom stereocenters. The minimum Gasteiger partial charge on any atom is -0.482 e. The van der Waals surface area contributed by atoms with Gasteiger partial charge in [0.15, 0.2) is 6.61 Å². The average Bonchev–Trinajstić information content (AvgIpc) is 3.17. The zero-order chi connectivity index (χ0) is 26.5. The standard InChI is InChI=1S/C26H32ClNO5S3/c1-6-12-28(36(30,31)26-19(5)22-14-20(27)8-11-24(22)35-26)18(4)16-34-21-9-10-23(17(3)13-21)33-15-25(29)32-7-2/h8-11,13-14,18H,6-7,12,15-16H2,1-5H3. The maximum absolute atomic E-state index is 13.8. The Hall–Kier alpha value is -1.78. The summed E-state index contributed by atoms with van der Waals surface area (Å²) in [5, 5.41) is 1.47. The Balaban J connectivity index is 1.74. The van der Waals surface area contributed by atoms with Crippen LogP contribution < -0.4 is 4.74 Å². The SMILES string of the molecule is CCCN(C(C)CSc1ccc(OCC(=O)OCC)c(C)c1)S(=O)(=O)c1sc2ccc(Cl)cc2c1C. The summed E-state index contributed by atoms with van der Waals surface area (Å²) in [5.41, 5.74) is 1.64. The number of esters is 1. The lowest BCUT2D eigenvalue weighted by atomic mass is 10.2. The van der Waals surface area contributed by atoms with Crippen molar-refractivity contribution in [2.45, 2.75) is 56.2 Å². The van der Waals surface area contributed by atoms with E-state index in [9.17, 15) is 13.2 Å². The number of halogens is 1. The molecular weight excluding hydrogens is 538 g/mol. The van der Waals surface area contributed by atoms with Crippen molar-refractivity contribution in [3.8, 4) is 5.75 Å². The lowest BCUT2D eigenvalue weighted by Crippen LogP contribution is -2.40. The second-order valence-electron chi connectivity index (χ2n) is 8.45. The molecule has 0 fully saturated rings. The van der Waals surface area contributed by atoms with E-state index in [-0.39, 0.29) is 12.6 Å². The number of carbonyl (C=O) groups is 1. The fourth-order valence-electron chi connectivity index (χ4n) is 3.83. The lowest BCUT2D eigenvalue weighted by Gasteiger charge is -2.27. The van der Waals surface area contributed by atoms with Gasteiger partial charge in [-0.15, -0.1) is 23.1 Å². The number of sulfonamides is 1. The highest BCUT2D eigenvalue weighted by molar-refractivity contribution is 7.99. The zero-order valence-electron chi connectivity index (χ0n) is 21.2. The number of ether oxygens (including phenoxy) is 2. The van der Waals surface area contributed by atoms with Gasteiger partial charge in [-0.25, -0.2) is 13.2 Å². The summed E-state index contributed by atoms with van der Waals surface area (Å²) >= 11 is 9.04. The molecule has 196 valence electrons. The quantitative estimate of drug-likeness (QED) is 0.179. The van der Waals surface area contributed by atoms with Crippen LogP contribution in [0.3, 0.4) is 0 Å². The van der Waals surface area contributed by atoms with Crippen LogP contribution in [0.4, 0.5) is 0 Å². The topological polar surface area (TPSA) is 72.9 Å². The second kappa shape index (κ2) is 12.6. The smallest absolute Gasteiger partial charge is 0.344 e. The Morgan fingerprint density at radius 3 is 2.58 bits per heavy atom. The molecule has 0 saturated heterocycles. The number of aryl methyl sites for hydroxylation is 2. The Labute approximate surface area is 227 Å². The third-order valence-corrected chi connectivity index (χ3v) is 11.0. The molecule has 0 aliphatic heterocycles. The van der Waals surface area contributed by atoms with Gasteiger partial charge in [0.05, 0.1) is 6.61 Å². The summed E-state index contributed by atoms with van der Waals surface area (Å²) < 4.78 is 40.9. The van der Waals surface area contributed by atoms with Gasteiger partial charge in [0.1, 0.15) is 9.96 Å². The Morgan fingerprint density at radius 1 is 1.17 bits per heavy atom. The number of benzene rings is 2. The molecule has 1 aromatic heterocycles. The molecule has 2 aromatic carbocycles. The molecule has 3 rings (SSSR count). The van der Waals surface area contributed by atoms with Crippen molar-refractivity contribution in [3.05, 3.63) is 52.5 Å². The van der Waals surface area contributed by atoms with E-state index in [1.807, 2.05) is 58.0 Å². The van der Waals surface area contributed by atoms with Gasteiger partial charge in [0.25, 0.3) is 10.0 Å². The van der Waals surface area contributed by atoms with E-state index in [1.54, 1.807) is 29.1 Å². The average molecular weight is 570 g/mol. The first-order valence-electron chi connectivity index (χ1n) is 11.8. The van der Waals surface area contributed by atoms with Crippen LogP contribution in [-0.4, -0.2) is 50.2 Å². The highest BCUT2D eigenvalue weighted by Crippen LogP contribution is 2.38. The van der Waals surface area contributed by atoms with E-state index in [0.717, 1.165) is 32.5 Å². The number of carbonyl (C=O) groups excluding carboxylic acids is 1. The van der Waals surface area contributed by atoms with Crippen molar-refractivity contribution in [2.24, 2.45) is 0 Å². The van der Waals surface area contributed by atoms with Gasteiger partial charge in [-0.3, -0.25) is 0 Å². The largest absolute Gasteiger partial charge is 0.482 e. The lowest BCUT2D eigenvalue weighted by molar-refractivity contribution is -0.145. The van der Waals surface area contributed by atoms with Crippen molar-refractivity contribution in [3.63, 3.8) is 0 Å². The molecule has 0 N–H and O–H groups in total. The van der Waals surface area contributed by atoms with Crippen molar-refractivity contribution < 1.29 is 22.7 Å². The Morgan fingerprint density at radius 2 is 1.92 bits per heavy atom. The van der Waals surface area contributed by atoms with Gasteiger partial charge >= 0.3 is 5.97 Å². The van der Waals surface area contributed by atoms with Crippen molar-refractivity contribution in [1.82, 2.24) is 4.31 Å². The van der Waals surface area contributed by atoms with Crippen molar-refractivity contribution in [1.29, 1.82) is 0 Å². The molecule has 36 heavy (non-hydrogen) atoms. The third-order valence-electron chi connectivity index (χ3n) is 5.62. The summed E-state index contributed by atoms with van der Waals surface area (Å²) in [6, 6.07) is 11.0. The minimum absolute atomic E-state index is 0.134. The molecular formula is C26H32ClNO5S3. The predicted molar refractivity (Wildman–Crippen MR) is 149 cm³/mol. The number of hydrogen-bond donors (Lipinski definition) is 0. The Kier molecular flexibility index (Phi) is 10.1. The van der Waals surface area contributed by atoms with Crippen molar-refractivity contribution >= 4 is 60.8 Å². The van der Waals surface area contributed by atoms with E-state index in [2.05, 4.69) is 0 Å². The van der Waals surface area contributed by atoms with Crippen LogP contribution in [0.5, 0.6) is 5.75 Å². The van der Waals surface area contributed by atoms with Gasteiger partial charge in [0, 0.05) is 33.0 Å². The fraction of sp³-hybridized carbons (Fsp3) is 0.423. The van der Waals surface area contributed by atoms with Crippen LogP contribution in [0, 0.1) is 13.8 Å². The van der Waals surface area contributed by atoms with Crippen LogP contribution in [0.15, 0.2) is 45.5 Å². The van der Waals surface area contributed by atoms with Crippen LogP contribution in [0.25, 0.3) is 10.1 Å². The molecule has 0 radical (unpaired) electrons. The van der Waals surface area contributed by atoms with Gasteiger partial charge in [-0.1, -0.05) is 18.5 Å². The number of nitrogens with zero attached hydrogens (tertiary/aromatic N) is 1. The van der Waals surface area contributed by atoms with Crippen LogP contribution >= 0.6 is 34.7 Å². The molecule has 1 unspecified atom stereocenters. The summed E-state index contributed by atoms with van der Waals surface area (Å²) in [6.45, 7) is 10.1. The highest BCUT2D eigenvalue weighted by Gasteiger charge is 2.32. The van der Waals surface area contributed by atoms with Gasteiger partial charge in [0.2, 0.25) is 0 Å². The first-order valence-corrected chi connectivity index (χ1v) is 15.4. The molecule has 1 heterocycles. The molecule has 0 aliphatic rings. The molecule has 0 amide bonds. The Bertz CT molecular complexity index is 1320. The normalized spacial score (nSPS) is 12.8. The van der Waals surface area contributed by atoms with Gasteiger partial charge in [-0.2, -0.15) is 4.31 Å². The molecule has 0 bridgehead atoms. The number of fused-ring (bicyclic) bond motifs is 1. The zero-order valence-corrected chi connectivity index (χ0v) is 24.4. The number of thiophene rings is 1. The van der Waals surface area contributed by atoms with Crippen molar-refractivity contribution in [2.75, 3.05) is 25.5 Å². The second-order valence-corrected chi connectivity index (χ2v) is 13.1. The number of hydrogen-bond acceptors (Lipinski definition) is 7. The maximum atomic E-state index is 13.8. The number of rotatable bonds is 12. The van der Waals surface area contributed by atoms with Gasteiger partial charge in [-0.05, 0) is 87.0 Å². The fourth-order valence-corrected chi connectivity index (χ4v) is 8.72. The van der Waals surface area contributed by atoms with Crippen LogP contribution in [0.2, 0.25) is 5.02 Å². The van der Waals surface area contributed by atoms with E-state index < -0.39 is 16.0 Å². The first kappa shape index (κ1) is 28.8. The molecule has 0 saturated carbocycles. The monoisotopic (exact) mass is 569 g/mol. The maximum Gasteiger partial charge on any atom is 0.344 e. The molecule has 0 spiro atoms. The van der Waals surface area contributed by atoms with E-state index in [0.29, 0.717) is 33.9 Å². The summed E-state index contributed by atoms with van der Waals surface area (Å²) in [5.74, 6) is 0.812. The highest BCUT2D eigenvalue weighted by atomic mass is 35.5.